The topological polar surface area (TPSA) is 30.5 Å². The Morgan fingerprint density at radius 2 is 1.69 bits per heavy atom. The Bertz CT molecular complexity index is 650. The van der Waals surface area contributed by atoms with Crippen molar-refractivity contribution in [2.24, 2.45) is 0 Å². The maximum atomic E-state index is 6.41. The van der Waals surface area contributed by atoms with Crippen LogP contribution in [0.5, 0.6) is 11.5 Å². The Morgan fingerprint density at radius 3 is 2.31 bits per heavy atom. The molecule has 0 aromatic heterocycles. The number of hydrogen-bond donors (Lipinski definition) is 1. The number of halogens is 2. The van der Waals surface area contributed by atoms with Crippen LogP contribution in [-0.4, -0.2) is 13.2 Å². The SMILES string of the molecule is CCCC(NCc1cc(Cl)c(OCC)c(OCC)c1)c1ccccc1.Cl. The van der Waals surface area contributed by atoms with Crippen LogP contribution in [0.3, 0.4) is 0 Å². The van der Waals surface area contributed by atoms with E-state index >= 15 is 0 Å². The second-order valence-corrected chi connectivity index (χ2v) is 6.31. The summed E-state index contributed by atoms with van der Waals surface area (Å²) in [6.07, 6.45) is 2.22. The molecule has 0 aliphatic rings. The highest BCUT2D eigenvalue weighted by atomic mass is 35.5. The molecule has 0 aliphatic carbocycles. The Balaban J connectivity index is 0.00000338. The summed E-state index contributed by atoms with van der Waals surface area (Å²) in [4.78, 5) is 0. The minimum absolute atomic E-state index is 0. The zero-order chi connectivity index (χ0) is 18.1. The summed E-state index contributed by atoms with van der Waals surface area (Å²) in [6.45, 7) is 7.97. The molecular formula is C21H29Cl2NO2. The molecule has 0 saturated heterocycles. The second kappa shape index (κ2) is 12.1. The zero-order valence-electron chi connectivity index (χ0n) is 15.8. The maximum Gasteiger partial charge on any atom is 0.179 e. The van der Waals surface area contributed by atoms with Crippen LogP contribution in [0.4, 0.5) is 0 Å². The Hall–Kier alpha value is -1.42. The predicted molar refractivity (Wildman–Crippen MR) is 112 cm³/mol. The zero-order valence-corrected chi connectivity index (χ0v) is 17.3. The number of ether oxygens (including phenoxy) is 2. The third-order valence-electron chi connectivity index (χ3n) is 3.99. The summed E-state index contributed by atoms with van der Waals surface area (Å²) >= 11 is 6.41. The fourth-order valence-corrected chi connectivity index (χ4v) is 3.16. The summed E-state index contributed by atoms with van der Waals surface area (Å²) < 4.78 is 11.3. The van der Waals surface area contributed by atoms with E-state index in [-0.39, 0.29) is 12.4 Å². The van der Waals surface area contributed by atoms with Crippen LogP contribution in [-0.2, 0) is 6.54 Å². The molecule has 3 nitrogen and oxygen atoms in total. The van der Waals surface area contributed by atoms with Crippen LogP contribution >= 0.6 is 24.0 Å². The van der Waals surface area contributed by atoms with Crippen LogP contribution in [0, 0.1) is 0 Å². The molecule has 0 amide bonds. The van der Waals surface area contributed by atoms with Crippen molar-refractivity contribution in [2.75, 3.05) is 13.2 Å². The minimum Gasteiger partial charge on any atom is -0.490 e. The highest BCUT2D eigenvalue weighted by Gasteiger charge is 2.14. The molecule has 1 unspecified atom stereocenters. The fourth-order valence-electron chi connectivity index (χ4n) is 2.87. The molecule has 0 spiro atoms. The van der Waals surface area contributed by atoms with Crippen LogP contribution in [0.25, 0.3) is 0 Å². The van der Waals surface area contributed by atoms with E-state index in [0.717, 1.165) is 24.9 Å². The van der Waals surface area contributed by atoms with Gasteiger partial charge < -0.3 is 14.8 Å². The van der Waals surface area contributed by atoms with Gasteiger partial charge in [0.1, 0.15) is 0 Å². The van der Waals surface area contributed by atoms with E-state index < -0.39 is 0 Å². The lowest BCUT2D eigenvalue weighted by molar-refractivity contribution is 0.287. The highest BCUT2D eigenvalue weighted by molar-refractivity contribution is 6.32. The largest absolute Gasteiger partial charge is 0.490 e. The van der Waals surface area contributed by atoms with E-state index in [4.69, 9.17) is 21.1 Å². The van der Waals surface area contributed by atoms with Gasteiger partial charge in [0.2, 0.25) is 0 Å². The number of hydrogen-bond acceptors (Lipinski definition) is 3. The first kappa shape index (κ1) is 22.6. The quantitative estimate of drug-likeness (QED) is 0.518. The van der Waals surface area contributed by atoms with Crippen LogP contribution in [0.2, 0.25) is 5.02 Å². The third-order valence-corrected chi connectivity index (χ3v) is 4.27. The van der Waals surface area contributed by atoms with Crippen molar-refractivity contribution in [1.29, 1.82) is 0 Å². The summed E-state index contributed by atoms with van der Waals surface area (Å²) in [5, 5.41) is 4.24. The first-order valence-electron chi connectivity index (χ1n) is 9.05. The van der Waals surface area contributed by atoms with Crippen molar-refractivity contribution < 1.29 is 9.47 Å². The molecule has 0 radical (unpaired) electrons. The lowest BCUT2D eigenvalue weighted by Gasteiger charge is -2.20. The molecule has 0 aliphatic heterocycles. The predicted octanol–water partition coefficient (Wildman–Crippen LogP) is 6.19. The van der Waals surface area contributed by atoms with Gasteiger partial charge in [-0.15, -0.1) is 12.4 Å². The highest BCUT2D eigenvalue weighted by Crippen LogP contribution is 2.37. The van der Waals surface area contributed by atoms with E-state index in [1.165, 1.54) is 5.56 Å². The average Bonchev–Trinajstić information content (AvgIpc) is 2.62. The first-order valence-corrected chi connectivity index (χ1v) is 9.43. The number of nitrogens with one attached hydrogen (secondary N) is 1. The molecule has 26 heavy (non-hydrogen) atoms. The Kier molecular flexibility index (Phi) is 10.5. The summed E-state index contributed by atoms with van der Waals surface area (Å²) in [5.74, 6) is 1.34. The Morgan fingerprint density at radius 1 is 1.00 bits per heavy atom. The lowest BCUT2D eigenvalue weighted by atomic mass is 10.0. The van der Waals surface area contributed by atoms with E-state index in [1.54, 1.807) is 0 Å². The standard InChI is InChI=1S/C21H28ClNO2.ClH/c1-4-10-19(17-11-8-7-9-12-17)23-15-16-13-18(22)21(25-6-3)20(14-16)24-5-2;/h7-9,11-14,19,23H,4-6,10,15H2,1-3H3;1H. The van der Waals surface area contributed by atoms with Gasteiger partial charge in [0.15, 0.2) is 11.5 Å². The summed E-state index contributed by atoms with van der Waals surface area (Å²) in [5.41, 5.74) is 2.40. The molecule has 0 saturated carbocycles. The van der Waals surface area contributed by atoms with Gasteiger partial charge in [-0.1, -0.05) is 55.3 Å². The van der Waals surface area contributed by atoms with Crippen molar-refractivity contribution in [3.63, 3.8) is 0 Å². The monoisotopic (exact) mass is 397 g/mol. The summed E-state index contributed by atoms with van der Waals surface area (Å²) in [7, 11) is 0. The minimum atomic E-state index is 0. The van der Waals surface area contributed by atoms with Crippen molar-refractivity contribution in [2.45, 2.75) is 46.2 Å². The molecule has 2 rings (SSSR count). The van der Waals surface area contributed by atoms with Crippen LogP contribution < -0.4 is 14.8 Å². The van der Waals surface area contributed by atoms with Gasteiger partial charge in [-0.25, -0.2) is 0 Å². The fraction of sp³-hybridized carbons (Fsp3) is 0.429. The number of rotatable bonds is 10. The first-order chi connectivity index (χ1) is 12.2. The molecular weight excluding hydrogens is 369 g/mol. The van der Waals surface area contributed by atoms with Crippen molar-refractivity contribution in [3.05, 3.63) is 58.6 Å². The van der Waals surface area contributed by atoms with E-state index in [2.05, 4.69) is 36.5 Å². The molecule has 2 aromatic rings. The smallest absolute Gasteiger partial charge is 0.179 e. The molecule has 5 heteroatoms. The average molecular weight is 398 g/mol. The maximum absolute atomic E-state index is 6.41. The van der Waals surface area contributed by atoms with Crippen molar-refractivity contribution in [3.8, 4) is 11.5 Å². The van der Waals surface area contributed by atoms with E-state index in [0.29, 0.717) is 35.8 Å². The molecule has 1 N–H and O–H groups in total. The number of benzene rings is 2. The van der Waals surface area contributed by atoms with Gasteiger partial charge in [-0.2, -0.15) is 0 Å². The van der Waals surface area contributed by atoms with Gasteiger partial charge in [0.05, 0.1) is 18.2 Å². The molecule has 144 valence electrons. The molecule has 1 atom stereocenters. The molecule has 2 aromatic carbocycles. The normalized spacial score (nSPS) is 11.5. The molecule has 0 fully saturated rings. The molecule has 0 bridgehead atoms. The van der Waals surface area contributed by atoms with E-state index in [9.17, 15) is 0 Å². The third kappa shape index (κ3) is 6.39. The van der Waals surface area contributed by atoms with Gasteiger partial charge in [0.25, 0.3) is 0 Å². The molecule has 0 heterocycles. The second-order valence-electron chi connectivity index (χ2n) is 5.90. The lowest BCUT2D eigenvalue weighted by Crippen LogP contribution is -2.21. The van der Waals surface area contributed by atoms with Gasteiger partial charge in [-0.3, -0.25) is 0 Å². The van der Waals surface area contributed by atoms with Gasteiger partial charge in [-0.05, 0) is 43.5 Å². The van der Waals surface area contributed by atoms with Gasteiger partial charge in [0, 0.05) is 12.6 Å². The van der Waals surface area contributed by atoms with E-state index in [1.807, 2.05) is 32.0 Å². The van der Waals surface area contributed by atoms with Gasteiger partial charge >= 0.3 is 0 Å². The van der Waals surface area contributed by atoms with Crippen LogP contribution in [0.15, 0.2) is 42.5 Å². The van der Waals surface area contributed by atoms with Crippen molar-refractivity contribution in [1.82, 2.24) is 5.32 Å². The van der Waals surface area contributed by atoms with Crippen LogP contribution in [0.1, 0.15) is 50.8 Å². The summed E-state index contributed by atoms with van der Waals surface area (Å²) in [6, 6.07) is 14.9. The van der Waals surface area contributed by atoms with Crippen molar-refractivity contribution >= 4 is 24.0 Å². The Labute approximate surface area is 168 Å².